The van der Waals surface area contributed by atoms with Crippen molar-refractivity contribution >= 4 is 0 Å². The second-order valence-corrected chi connectivity index (χ2v) is 4.87. The lowest BCUT2D eigenvalue weighted by Gasteiger charge is -2.27. The Bertz CT molecular complexity index is 390. The predicted molar refractivity (Wildman–Crippen MR) is 77.2 cm³/mol. The highest BCUT2D eigenvalue weighted by atomic mass is 16.5. The third-order valence-electron chi connectivity index (χ3n) is 3.62. The van der Waals surface area contributed by atoms with Crippen molar-refractivity contribution in [2.24, 2.45) is 0 Å². The van der Waals surface area contributed by atoms with Crippen LogP contribution < -0.4 is 14.8 Å². The maximum Gasteiger partial charge on any atom is 0.122 e. The molecule has 106 valence electrons. The molecule has 0 unspecified atom stereocenters. The number of nitrogens with zero attached hydrogens (tertiary/aromatic N) is 1. The average molecular weight is 264 g/mol. The highest BCUT2D eigenvalue weighted by molar-refractivity contribution is 5.40. The lowest BCUT2D eigenvalue weighted by molar-refractivity contribution is 0.238. The van der Waals surface area contributed by atoms with Gasteiger partial charge in [-0.25, -0.2) is 0 Å². The zero-order chi connectivity index (χ0) is 13.5. The number of hydrogen-bond donors (Lipinski definition) is 1. The molecule has 4 heteroatoms. The SMILES string of the molecule is COc1ccc(OC)c(CCCN2CCNCC2)c1. The number of benzene rings is 1. The van der Waals surface area contributed by atoms with Crippen LogP contribution in [-0.4, -0.2) is 51.8 Å². The molecule has 1 aromatic carbocycles. The summed E-state index contributed by atoms with van der Waals surface area (Å²) in [6.07, 6.45) is 2.19. The van der Waals surface area contributed by atoms with Crippen molar-refractivity contribution in [3.8, 4) is 11.5 Å². The van der Waals surface area contributed by atoms with Crippen LogP contribution in [0.4, 0.5) is 0 Å². The summed E-state index contributed by atoms with van der Waals surface area (Å²) in [4.78, 5) is 2.52. The summed E-state index contributed by atoms with van der Waals surface area (Å²) in [5.74, 6) is 1.86. The Balaban J connectivity index is 1.86. The molecule has 4 nitrogen and oxygen atoms in total. The fraction of sp³-hybridized carbons (Fsp3) is 0.600. The predicted octanol–water partition coefficient (Wildman–Crippen LogP) is 1.54. The van der Waals surface area contributed by atoms with Gasteiger partial charge in [-0.1, -0.05) is 0 Å². The molecule has 0 saturated carbocycles. The Hall–Kier alpha value is -1.26. The number of ether oxygens (including phenoxy) is 2. The first-order chi connectivity index (χ1) is 9.33. The van der Waals surface area contributed by atoms with Crippen molar-refractivity contribution in [2.75, 3.05) is 46.9 Å². The monoisotopic (exact) mass is 264 g/mol. The highest BCUT2D eigenvalue weighted by Gasteiger charge is 2.10. The summed E-state index contributed by atoms with van der Waals surface area (Å²) in [5.41, 5.74) is 1.23. The summed E-state index contributed by atoms with van der Waals surface area (Å²) in [7, 11) is 3.42. The Morgan fingerprint density at radius 1 is 1.16 bits per heavy atom. The summed E-state index contributed by atoms with van der Waals surface area (Å²) < 4.78 is 10.7. The Kier molecular flexibility index (Phi) is 5.48. The Morgan fingerprint density at radius 2 is 1.95 bits per heavy atom. The number of aryl methyl sites for hydroxylation is 1. The van der Waals surface area contributed by atoms with Crippen LogP contribution in [0.15, 0.2) is 18.2 Å². The number of nitrogens with one attached hydrogen (secondary N) is 1. The first kappa shape index (κ1) is 14.2. The molecule has 0 atom stereocenters. The summed E-state index contributed by atoms with van der Waals surface area (Å²) in [5, 5.41) is 3.38. The largest absolute Gasteiger partial charge is 0.497 e. The van der Waals surface area contributed by atoms with Crippen molar-refractivity contribution in [1.29, 1.82) is 0 Å². The molecule has 1 aliphatic rings. The maximum atomic E-state index is 5.41. The van der Waals surface area contributed by atoms with Gasteiger partial charge in [0.25, 0.3) is 0 Å². The van der Waals surface area contributed by atoms with Crippen molar-refractivity contribution < 1.29 is 9.47 Å². The van der Waals surface area contributed by atoms with E-state index in [1.807, 2.05) is 12.1 Å². The Morgan fingerprint density at radius 3 is 2.63 bits per heavy atom. The van der Waals surface area contributed by atoms with Crippen molar-refractivity contribution in [3.63, 3.8) is 0 Å². The van der Waals surface area contributed by atoms with Gasteiger partial charge in [-0.2, -0.15) is 0 Å². The third kappa shape index (κ3) is 4.11. The molecule has 0 aliphatic carbocycles. The van der Waals surface area contributed by atoms with Crippen molar-refractivity contribution in [2.45, 2.75) is 12.8 Å². The van der Waals surface area contributed by atoms with E-state index in [4.69, 9.17) is 9.47 Å². The van der Waals surface area contributed by atoms with Gasteiger partial charge in [-0.15, -0.1) is 0 Å². The van der Waals surface area contributed by atoms with Gasteiger partial charge >= 0.3 is 0 Å². The van der Waals surface area contributed by atoms with Gasteiger partial charge in [-0.3, -0.25) is 0 Å². The van der Waals surface area contributed by atoms with Gasteiger partial charge in [0.2, 0.25) is 0 Å². The van der Waals surface area contributed by atoms with Crippen LogP contribution >= 0.6 is 0 Å². The van der Waals surface area contributed by atoms with Gasteiger partial charge in [0.1, 0.15) is 11.5 Å². The molecule has 0 aromatic heterocycles. The number of hydrogen-bond acceptors (Lipinski definition) is 4. The zero-order valence-electron chi connectivity index (χ0n) is 11.9. The van der Waals surface area contributed by atoms with E-state index >= 15 is 0 Å². The molecule has 0 radical (unpaired) electrons. The van der Waals surface area contributed by atoms with Crippen LogP contribution in [0.5, 0.6) is 11.5 Å². The van der Waals surface area contributed by atoms with E-state index in [1.54, 1.807) is 14.2 Å². The second-order valence-electron chi connectivity index (χ2n) is 4.87. The van der Waals surface area contributed by atoms with Crippen LogP contribution in [0.1, 0.15) is 12.0 Å². The highest BCUT2D eigenvalue weighted by Crippen LogP contribution is 2.25. The molecular formula is C15H24N2O2. The molecule has 1 aliphatic heterocycles. The Labute approximate surface area is 115 Å². The first-order valence-corrected chi connectivity index (χ1v) is 6.97. The summed E-state index contributed by atoms with van der Waals surface area (Å²) in [6.45, 7) is 5.71. The molecule has 1 fully saturated rings. The molecule has 1 aromatic rings. The lowest BCUT2D eigenvalue weighted by Crippen LogP contribution is -2.43. The van der Waals surface area contributed by atoms with Gasteiger partial charge in [0.15, 0.2) is 0 Å². The van der Waals surface area contributed by atoms with Crippen LogP contribution in [0.3, 0.4) is 0 Å². The van der Waals surface area contributed by atoms with Crippen LogP contribution in [0.25, 0.3) is 0 Å². The van der Waals surface area contributed by atoms with Crippen molar-refractivity contribution in [1.82, 2.24) is 10.2 Å². The molecular weight excluding hydrogens is 240 g/mol. The second kappa shape index (κ2) is 7.36. The van der Waals surface area contributed by atoms with E-state index in [0.717, 1.165) is 57.1 Å². The molecule has 2 rings (SSSR count). The van der Waals surface area contributed by atoms with E-state index in [0.29, 0.717) is 0 Å². The fourth-order valence-corrected chi connectivity index (χ4v) is 2.51. The molecule has 0 bridgehead atoms. The van der Waals surface area contributed by atoms with E-state index in [1.165, 1.54) is 5.56 Å². The summed E-state index contributed by atoms with van der Waals surface area (Å²) in [6, 6.07) is 6.01. The van der Waals surface area contributed by atoms with Crippen LogP contribution in [0, 0.1) is 0 Å². The third-order valence-corrected chi connectivity index (χ3v) is 3.62. The normalized spacial score (nSPS) is 16.3. The van der Waals surface area contributed by atoms with E-state index in [9.17, 15) is 0 Å². The first-order valence-electron chi connectivity index (χ1n) is 6.97. The zero-order valence-corrected chi connectivity index (χ0v) is 11.9. The van der Waals surface area contributed by atoms with Gasteiger partial charge < -0.3 is 19.7 Å². The van der Waals surface area contributed by atoms with E-state index < -0.39 is 0 Å². The van der Waals surface area contributed by atoms with Crippen LogP contribution in [0.2, 0.25) is 0 Å². The van der Waals surface area contributed by atoms with Gasteiger partial charge in [0, 0.05) is 26.2 Å². The standard InChI is InChI=1S/C15H24N2O2/c1-18-14-5-6-15(19-2)13(12-14)4-3-9-17-10-7-16-8-11-17/h5-6,12,16H,3-4,7-11H2,1-2H3. The number of rotatable bonds is 6. The fourth-order valence-electron chi connectivity index (χ4n) is 2.51. The lowest BCUT2D eigenvalue weighted by atomic mass is 10.1. The molecule has 1 heterocycles. The van der Waals surface area contributed by atoms with E-state index in [-0.39, 0.29) is 0 Å². The van der Waals surface area contributed by atoms with Gasteiger partial charge in [0.05, 0.1) is 14.2 Å². The van der Waals surface area contributed by atoms with Crippen LogP contribution in [-0.2, 0) is 6.42 Å². The molecule has 0 spiro atoms. The van der Waals surface area contributed by atoms with Crippen molar-refractivity contribution in [3.05, 3.63) is 23.8 Å². The molecule has 1 saturated heterocycles. The number of methoxy groups -OCH3 is 2. The number of piperazine rings is 1. The minimum absolute atomic E-state index is 0.901. The molecule has 19 heavy (non-hydrogen) atoms. The minimum Gasteiger partial charge on any atom is -0.497 e. The molecule has 0 amide bonds. The minimum atomic E-state index is 0.901. The van der Waals surface area contributed by atoms with E-state index in [2.05, 4.69) is 16.3 Å². The average Bonchev–Trinajstić information content (AvgIpc) is 2.48. The maximum absolute atomic E-state index is 5.41. The summed E-state index contributed by atoms with van der Waals surface area (Å²) >= 11 is 0. The molecule has 1 N–H and O–H groups in total. The quantitative estimate of drug-likeness (QED) is 0.845. The topological polar surface area (TPSA) is 33.7 Å². The van der Waals surface area contributed by atoms with Gasteiger partial charge in [-0.05, 0) is 43.1 Å². The smallest absolute Gasteiger partial charge is 0.122 e.